The summed E-state index contributed by atoms with van der Waals surface area (Å²) in [5.74, 6) is 1.21. The minimum Gasteiger partial charge on any atom is -0.497 e. The van der Waals surface area contributed by atoms with Crippen molar-refractivity contribution in [3.63, 3.8) is 0 Å². The average Bonchev–Trinajstić information content (AvgIpc) is 3.36. The topological polar surface area (TPSA) is 71.1 Å². The maximum Gasteiger partial charge on any atom is 0.322 e. The molecule has 1 N–H and O–H groups in total. The van der Waals surface area contributed by atoms with Crippen molar-refractivity contribution in [2.45, 2.75) is 12.5 Å². The van der Waals surface area contributed by atoms with Crippen LogP contribution in [0.4, 0.5) is 10.5 Å². The molecule has 1 aliphatic rings. The van der Waals surface area contributed by atoms with Gasteiger partial charge in [-0.05, 0) is 53.8 Å². The molecule has 0 fully saturated rings. The van der Waals surface area contributed by atoms with Gasteiger partial charge in [0.2, 0.25) is 5.91 Å². The van der Waals surface area contributed by atoms with E-state index in [4.69, 9.17) is 21.1 Å². The SMILES string of the molecule is C=CCN(CC(=O)N1CCc2sccc2[C@@H]1COc1cccc(OC)c1)C(=O)Nc1cccc(Cl)c1. The molecule has 0 saturated heterocycles. The van der Waals surface area contributed by atoms with E-state index in [1.807, 2.05) is 35.7 Å². The highest BCUT2D eigenvalue weighted by Crippen LogP contribution is 2.34. The van der Waals surface area contributed by atoms with Crippen LogP contribution in [0.15, 0.2) is 72.6 Å². The molecule has 3 aromatic rings. The summed E-state index contributed by atoms with van der Waals surface area (Å²) >= 11 is 7.72. The molecular formula is C27H28ClN3O4S. The highest BCUT2D eigenvalue weighted by atomic mass is 35.5. The molecule has 4 rings (SSSR count). The first kappa shape index (κ1) is 25.6. The molecular weight excluding hydrogens is 498 g/mol. The van der Waals surface area contributed by atoms with Crippen LogP contribution in [0, 0.1) is 0 Å². The Kier molecular flexibility index (Phi) is 8.51. The number of halogens is 1. The lowest BCUT2D eigenvalue weighted by molar-refractivity contribution is -0.135. The number of carbonyl (C=O) groups is 2. The number of benzene rings is 2. The molecule has 3 amide bonds. The third-order valence-electron chi connectivity index (χ3n) is 5.90. The summed E-state index contributed by atoms with van der Waals surface area (Å²) in [5.41, 5.74) is 1.64. The first-order chi connectivity index (χ1) is 17.5. The van der Waals surface area contributed by atoms with Crippen LogP contribution in [0.3, 0.4) is 0 Å². The first-order valence-electron chi connectivity index (χ1n) is 11.5. The molecule has 0 aliphatic carbocycles. The van der Waals surface area contributed by atoms with Crippen molar-refractivity contribution in [1.82, 2.24) is 9.80 Å². The quantitative estimate of drug-likeness (QED) is 0.367. The lowest BCUT2D eigenvalue weighted by Gasteiger charge is -2.37. The van der Waals surface area contributed by atoms with Crippen LogP contribution in [0.2, 0.25) is 5.02 Å². The maximum absolute atomic E-state index is 13.5. The summed E-state index contributed by atoms with van der Waals surface area (Å²) in [6.45, 7) is 4.72. The van der Waals surface area contributed by atoms with Gasteiger partial charge < -0.3 is 24.6 Å². The number of ether oxygens (including phenoxy) is 2. The van der Waals surface area contributed by atoms with Crippen molar-refractivity contribution in [2.75, 3.05) is 38.7 Å². The van der Waals surface area contributed by atoms with Crippen molar-refractivity contribution in [3.8, 4) is 11.5 Å². The lowest BCUT2D eigenvalue weighted by Crippen LogP contribution is -2.48. The number of anilines is 1. The van der Waals surface area contributed by atoms with Crippen LogP contribution >= 0.6 is 22.9 Å². The number of rotatable bonds is 9. The number of amides is 3. The van der Waals surface area contributed by atoms with Gasteiger partial charge in [-0.3, -0.25) is 4.79 Å². The molecule has 1 aromatic heterocycles. The second kappa shape index (κ2) is 12.0. The maximum atomic E-state index is 13.5. The zero-order chi connectivity index (χ0) is 25.5. The van der Waals surface area contributed by atoms with Gasteiger partial charge in [-0.25, -0.2) is 4.79 Å². The molecule has 0 saturated carbocycles. The van der Waals surface area contributed by atoms with Crippen LogP contribution in [0.5, 0.6) is 11.5 Å². The Hall–Kier alpha value is -3.49. The van der Waals surface area contributed by atoms with Crippen molar-refractivity contribution in [2.24, 2.45) is 0 Å². The third-order valence-corrected chi connectivity index (χ3v) is 7.13. The normalized spacial score (nSPS) is 14.5. The molecule has 2 heterocycles. The Labute approximate surface area is 219 Å². The number of nitrogens with zero attached hydrogens (tertiary/aromatic N) is 2. The zero-order valence-electron chi connectivity index (χ0n) is 20.0. The molecule has 36 heavy (non-hydrogen) atoms. The fourth-order valence-corrected chi connectivity index (χ4v) is 5.26. The second-order valence-corrected chi connectivity index (χ2v) is 9.69. The van der Waals surface area contributed by atoms with E-state index in [0.29, 0.717) is 35.4 Å². The number of thiophene rings is 1. The summed E-state index contributed by atoms with van der Waals surface area (Å²) in [7, 11) is 1.61. The lowest BCUT2D eigenvalue weighted by atomic mass is 10.0. The fourth-order valence-electron chi connectivity index (χ4n) is 4.14. The van der Waals surface area contributed by atoms with E-state index in [0.717, 1.165) is 12.0 Å². The Morgan fingerprint density at radius 3 is 2.81 bits per heavy atom. The van der Waals surface area contributed by atoms with Gasteiger partial charge in [0, 0.05) is 34.7 Å². The number of nitrogens with one attached hydrogen (secondary N) is 1. The Morgan fingerprint density at radius 1 is 1.22 bits per heavy atom. The van der Waals surface area contributed by atoms with Gasteiger partial charge in [0.25, 0.3) is 0 Å². The zero-order valence-corrected chi connectivity index (χ0v) is 21.6. The summed E-state index contributed by atoms with van der Waals surface area (Å²) in [6.07, 6.45) is 2.37. The van der Waals surface area contributed by atoms with Gasteiger partial charge in [-0.2, -0.15) is 0 Å². The van der Waals surface area contributed by atoms with Gasteiger partial charge in [-0.15, -0.1) is 17.9 Å². The van der Waals surface area contributed by atoms with Crippen molar-refractivity contribution >= 4 is 40.6 Å². The Morgan fingerprint density at radius 2 is 2.03 bits per heavy atom. The molecule has 9 heteroatoms. The summed E-state index contributed by atoms with van der Waals surface area (Å²) in [4.78, 5) is 31.0. The van der Waals surface area contributed by atoms with Crippen molar-refractivity contribution in [3.05, 3.63) is 88.1 Å². The van der Waals surface area contributed by atoms with Gasteiger partial charge in [-0.1, -0.05) is 29.8 Å². The van der Waals surface area contributed by atoms with Gasteiger partial charge in [0.05, 0.1) is 13.2 Å². The molecule has 7 nitrogen and oxygen atoms in total. The van der Waals surface area contributed by atoms with Crippen LogP contribution in [-0.2, 0) is 11.2 Å². The van der Waals surface area contributed by atoms with Gasteiger partial charge in [0.15, 0.2) is 0 Å². The summed E-state index contributed by atoms with van der Waals surface area (Å²) in [6, 6.07) is 15.6. The number of fused-ring (bicyclic) bond motifs is 1. The largest absolute Gasteiger partial charge is 0.497 e. The molecule has 1 aliphatic heterocycles. The average molecular weight is 526 g/mol. The van der Waals surface area contributed by atoms with Crippen molar-refractivity contribution < 1.29 is 19.1 Å². The standard InChI is InChI=1S/C27H28ClN3O4S/c1-3-12-30(27(33)29-20-7-4-6-19(28)15-20)17-26(32)31-13-10-25-23(11-14-36-25)24(31)18-35-22-9-5-8-21(16-22)34-2/h3-9,11,14-16,24H,1,10,12-13,17-18H2,2H3,(H,29,33)/t24-/m0/s1. The van der Waals surface area contributed by atoms with Gasteiger partial charge >= 0.3 is 6.03 Å². The van der Waals surface area contributed by atoms with E-state index in [9.17, 15) is 9.59 Å². The van der Waals surface area contributed by atoms with E-state index in [2.05, 4.69) is 11.9 Å². The number of carbonyl (C=O) groups excluding carboxylic acids is 2. The highest BCUT2D eigenvalue weighted by molar-refractivity contribution is 7.10. The smallest absolute Gasteiger partial charge is 0.322 e. The number of hydrogen-bond acceptors (Lipinski definition) is 5. The Bertz CT molecular complexity index is 1230. The van der Waals surface area contributed by atoms with E-state index < -0.39 is 6.03 Å². The Balaban J connectivity index is 1.48. The molecule has 1 atom stereocenters. The second-order valence-electron chi connectivity index (χ2n) is 8.25. The van der Waals surface area contributed by atoms with Crippen LogP contribution < -0.4 is 14.8 Å². The van der Waals surface area contributed by atoms with E-state index in [1.165, 1.54) is 9.78 Å². The summed E-state index contributed by atoms with van der Waals surface area (Å²) in [5, 5.41) is 5.36. The van der Waals surface area contributed by atoms with Crippen molar-refractivity contribution in [1.29, 1.82) is 0 Å². The minimum atomic E-state index is -0.400. The number of hydrogen-bond donors (Lipinski definition) is 1. The fraction of sp³-hybridized carbons (Fsp3) is 0.259. The van der Waals surface area contributed by atoms with E-state index in [1.54, 1.807) is 53.7 Å². The molecule has 2 aromatic carbocycles. The van der Waals surface area contributed by atoms with Crippen LogP contribution in [0.1, 0.15) is 16.5 Å². The molecule has 0 bridgehead atoms. The molecule has 0 radical (unpaired) electrons. The predicted molar refractivity (Wildman–Crippen MR) is 143 cm³/mol. The molecule has 0 unspecified atom stereocenters. The van der Waals surface area contributed by atoms with Gasteiger partial charge in [0.1, 0.15) is 24.7 Å². The van der Waals surface area contributed by atoms with Crippen LogP contribution in [-0.4, -0.2) is 55.1 Å². The monoisotopic (exact) mass is 525 g/mol. The highest BCUT2D eigenvalue weighted by Gasteiger charge is 2.33. The summed E-state index contributed by atoms with van der Waals surface area (Å²) < 4.78 is 11.4. The number of urea groups is 1. The molecule has 0 spiro atoms. The van der Waals surface area contributed by atoms with E-state index in [-0.39, 0.29) is 25.0 Å². The third kappa shape index (κ3) is 6.19. The minimum absolute atomic E-state index is 0.0897. The number of methoxy groups -OCH3 is 1. The van der Waals surface area contributed by atoms with Crippen LogP contribution in [0.25, 0.3) is 0 Å². The van der Waals surface area contributed by atoms with E-state index >= 15 is 0 Å². The molecule has 188 valence electrons. The first-order valence-corrected chi connectivity index (χ1v) is 12.8. The predicted octanol–water partition coefficient (Wildman–Crippen LogP) is 5.64.